The number of carbonyl (C=O) groups excluding carboxylic acids is 1. The third kappa shape index (κ3) is 1.65. The number of aliphatic carboxylic acids is 1. The van der Waals surface area contributed by atoms with Gasteiger partial charge in [0.2, 0.25) is 5.91 Å². The summed E-state index contributed by atoms with van der Waals surface area (Å²) in [4.78, 5) is 25.3. The molecule has 1 amide bonds. The highest BCUT2D eigenvalue weighted by Gasteiger charge is 2.69. The van der Waals surface area contributed by atoms with E-state index in [9.17, 15) is 9.59 Å². The molecule has 0 aromatic rings. The van der Waals surface area contributed by atoms with Crippen LogP contribution in [-0.4, -0.2) is 35.0 Å². The van der Waals surface area contributed by atoms with Crippen LogP contribution >= 0.6 is 0 Å². The summed E-state index contributed by atoms with van der Waals surface area (Å²) in [6, 6.07) is 0. The molecule has 2 aliphatic rings. The van der Waals surface area contributed by atoms with E-state index in [2.05, 4.69) is 27.7 Å². The number of rotatable bonds is 2. The van der Waals surface area contributed by atoms with Gasteiger partial charge in [0, 0.05) is 19.0 Å². The van der Waals surface area contributed by atoms with Gasteiger partial charge in [-0.2, -0.15) is 0 Å². The van der Waals surface area contributed by atoms with Crippen LogP contribution in [0.3, 0.4) is 0 Å². The fourth-order valence-corrected chi connectivity index (χ4v) is 3.46. The predicted molar refractivity (Wildman–Crippen MR) is 67.9 cm³/mol. The Hall–Kier alpha value is -1.06. The Balaban J connectivity index is 2.08. The molecule has 0 aromatic heterocycles. The van der Waals surface area contributed by atoms with Crippen molar-refractivity contribution in [1.82, 2.24) is 4.90 Å². The number of carboxylic acids is 1. The maximum Gasteiger partial charge on any atom is 0.308 e. The molecule has 1 aliphatic heterocycles. The molecule has 1 heterocycles. The van der Waals surface area contributed by atoms with Gasteiger partial charge in [-0.25, -0.2) is 0 Å². The van der Waals surface area contributed by atoms with Crippen molar-refractivity contribution in [3.05, 3.63) is 0 Å². The molecule has 102 valence electrons. The fraction of sp³-hybridized carbons (Fsp3) is 0.857. The maximum atomic E-state index is 12.5. The van der Waals surface area contributed by atoms with Crippen molar-refractivity contribution >= 4 is 11.9 Å². The summed E-state index contributed by atoms with van der Waals surface area (Å²) in [7, 11) is 0. The van der Waals surface area contributed by atoms with Gasteiger partial charge in [0.15, 0.2) is 0 Å². The van der Waals surface area contributed by atoms with Crippen LogP contribution in [-0.2, 0) is 9.59 Å². The average Bonchev–Trinajstić information content (AvgIpc) is 2.57. The topological polar surface area (TPSA) is 57.6 Å². The van der Waals surface area contributed by atoms with Crippen LogP contribution in [0.2, 0.25) is 0 Å². The Morgan fingerprint density at radius 1 is 1.11 bits per heavy atom. The number of likely N-dealkylation sites (tertiary alicyclic amines) is 1. The SMILES string of the molecule is CC1CN(C(=O)C2C(C)(C)C2(C)C)CC1C(=O)O. The van der Waals surface area contributed by atoms with Gasteiger partial charge in [0.25, 0.3) is 0 Å². The number of carboxylic acid groups (broad SMARTS) is 1. The summed E-state index contributed by atoms with van der Waals surface area (Å²) in [6.45, 7) is 11.3. The first-order chi connectivity index (χ1) is 8.10. The van der Waals surface area contributed by atoms with Gasteiger partial charge in [-0.15, -0.1) is 0 Å². The fourth-order valence-electron chi connectivity index (χ4n) is 3.46. The molecule has 2 fully saturated rings. The van der Waals surface area contributed by atoms with Crippen molar-refractivity contribution in [2.45, 2.75) is 34.6 Å². The molecular formula is C14H23NO3. The number of carbonyl (C=O) groups is 2. The minimum absolute atomic E-state index is 0.0225. The summed E-state index contributed by atoms with van der Waals surface area (Å²) >= 11 is 0. The van der Waals surface area contributed by atoms with E-state index in [1.165, 1.54) is 0 Å². The summed E-state index contributed by atoms with van der Waals surface area (Å²) in [5.74, 6) is -0.965. The standard InChI is InChI=1S/C14H23NO3/c1-8-6-15(7-9(8)12(17)18)11(16)10-13(2,3)14(10,4)5/h8-10H,6-7H2,1-5H3,(H,17,18). The monoisotopic (exact) mass is 253 g/mol. The van der Waals surface area contributed by atoms with Gasteiger partial charge in [0.05, 0.1) is 5.92 Å². The van der Waals surface area contributed by atoms with Crippen molar-refractivity contribution in [2.75, 3.05) is 13.1 Å². The molecule has 0 spiro atoms. The van der Waals surface area contributed by atoms with E-state index in [1.807, 2.05) is 6.92 Å². The highest BCUT2D eigenvalue weighted by Crippen LogP contribution is 2.68. The number of hydrogen-bond acceptors (Lipinski definition) is 2. The average molecular weight is 253 g/mol. The third-order valence-corrected chi connectivity index (χ3v) is 5.51. The summed E-state index contributed by atoms with van der Waals surface area (Å²) in [6.07, 6.45) is 0. The van der Waals surface area contributed by atoms with Crippen LogP contribution < -0.4 is 0 Å². The third-order valence-electron chi connectivity index (χ3n) is 5.51. The quantitative estimate of drug-likeness (QED) is 0.817. The summed E-state index contributed by atoms with van der Waals surface area (Å²) in [5, 5.41) is 9.10. The molecule has 2 rings (SSSR count). The van der Waals surface area contributed by atoms with E-state index < -0.39 is 11.9 Å². The van der Waals surface area contributed by atoms with Gasteiger partial charge in [0.1, 0.15) is 0 Å². The Labute approximate surface area is 108 Å². The molecule has 2 atom stereocenters. The maximum absolute atomic E-state index is 12.5. The number of amides is 1. The Bertz CT molecular complexity index is 386. The van der Waals surface area contributed by atoms with Crippen LogP contribution in [0.5, 0.6) is 0 Å². The summed E-state index contributed by atoms with van der Waals surface area (Å²) in [5.41, 5.74) is 0.0449. The van der Waals surface area contributed by atoms with Crippen LogP contribution in [0, 0.1) is 28.6 Å². The second kappa shape index (κ2) is 3.72. The minimum Gasteiger partial charge on any atom is -0.481 e. The van der Waals surface area contributed by atoms with Crippen molar-refractivity contribution in [3.8, 4) is 0 Å². The van der Waals surface area contributed by atoms with Crippen LogP contribution in [0.1, 0.15) is 34.6 Å². The molecule has 1 saturated carbocycles. The molecule has 18 heavy (non-hydrogen) atoms. The lowest BCUT2D eigenvalue weighted by molar-refractivity contribution is -0.142. The molecular weight excluding hydrogens is 230 g/mol. The first-order valence-corrected chi connectivity index (χ1v) is 6.62. The second-order valence-corrected chi connectivity index (χ2v) is 7.04. The van der Waals surface area contributed by atoms with Gasteiger partial charge in [-0.05, 0) is 16.7 Å². The van der Waals surface area contributed by atoms with Crippen LogP contribution in [0.15, 0.2) is 0 Å². The minimum atomic E-state index is -0.785. The molecule has 4 nitrogen and oxygen atoms in total. The Morgan fingerprint density at radius 3 is 1.94 bits per heavy atom. The molecule has 1 saturated heterocycles. The first kappa shape index (κ1) is 13.4. The molecule has 0 aromatic carbocycles. The van der Waals surface area contributed by atoms with Gasteiger partial charge >= 0.3 is 5.97 Å². The van der Waals surface area contributed by atoms with Gasteiger partial charge < -0.3 is 10.0 Å². The van der Waals surface area contributed by atoms with Crippen LogP contribution in [0.4, 0.5) is 0 Å². The van der Waals surface area contributed by atoms with Crippen LogP contribution in [0.25, 0.3) is 0 Å². The zero-order valence-electron chi connectivity index (χ0n) is 11.9. The molecule has 4 heteroatoms. The predicted octanol–water partition coefficient (Wildman–Crippen LogP) is 1.85. The van der Waals surface area contributed by atoms with E-state index in [4.69, 9.17) is 5.11 Å². The first-order valence-electron chi connectivity index (χ1n) is 6.62. The van der Waals surface area contributed by atoms with E-state index in [0.29, 0.717) is 13.1 Å². The lowest BCUT2D eigenvalue weighted by Crippen LogP contribution is -2.32. The summed E-state index contributed by atoms with van der Waals surface area (Å²) < 4.78 is 0. The molecule has 1 N–H and O–H groups in total. The van der Waals surface area contributed by atoms with E-state index >= 15 is 0 Å². The zero-order chi connectivity index (χ0) is 13.9. The Morgan fingerprint density at radius 2 is 1.61 bits per heavy atom. The largest absolute Gasteiger partial charge is 0.481 e. The highest BCUT2D eigenvalue weighted by molar-refractivity contribution is 5.85. The lowest BCUT2D eigenvalue weighted by atomic mass is 9.99. The molecule has 0 radical (unpaired) electrons. The van der Waals surface area contributed by atoms with Crippen molar-refractivity contribution in [2.24, 2.45) is 28.6 Å². The van der Waals surface area contributed by atoms with E-state index in [0.717, 1.165) is 0 Å². The number of nitrogens with zero attached hydrogens (tertiary/aromatic N) is 1. The molecule has 1 aliphatic carbocycles. The van der Waals surface area contributed by atoms with Crippen molar-refractivity contribution in [3.63, 3.8) is 0 Å². The normalized spacial score (nSPS) is 33.5. The van der Waals surface area contributed by atoms with E-state index in [1.54, 1.807) is 4.90 Å². The number of hydrogen-bond donors (Lipinski definition) is 1. The molecule has 2 unspecified atom stereocenters. The van der Waals surface area contributed by atoms with Gasteiger partial charge in [-0.3, -0.25) is 9.59 Å². The smallest absolute Gasteiger partial charge is 0.308 e. The van der Waals surface area contributed by atoms with E-state index in [-0.39, 0.29) is 28.6 Å². The highest BCUT2D eigenvalue weighted by atomic mass is 16.4. The molecule has 0 bridgehead atoms. The Kier molecular flexibility index (Phi) is 2.76. The second-order valence-electron chi connectivity index (χ2n) is 7.04. The van der Waals surface area contributed by atoms with Crippen molar-refractivity contribution < 1.29 is 14.7 Å². The van der Waals surface area contributed by atoms with Gasteiger partial charge in [-0.1, -0.05) is 34.6 Å². The zero-order valence-corrected chi connectivity index (χ0v) is 11.9. The lowest BCUT2D eigenvalue weighted by Gasteiger charge is -2.17. The van der Waals surface area contributed by atoms with Crippen molar-refractivity contribution in [1.29, 1.82) is 0 Å².